The summed E-state index contributed by atoms with van der Waals surface area (Å²) >= 11 is 0. The van der Waals surface area contributed by atoms with E-state index in [-0.39, 0.29) is 18.9 Å². The molecule has 0 aromatic rings. The Morgan fingerprint density at radius 3 is 1.47 bits per heavy atom. The Bertz CT molecular complexity index is 1480. The first-order valence-electron chi connectivity index (χ1n) is 28.2. The molecule has 0 spiro atoms. The van der Waals surface area contributed by atoms with Crippen LogP contribution in [0.3, 0.4) is 0 Å². The highest BCUT2D eigenvalue weighted by molar-refractivity contribution is 5.76. The largest absolute Gasteiger partial charge is 0.394 e. The highest BCUT2D eigenvalue weighted by Crippen LogP contribution is 2.30. The van der Waals surface area contributed by atoms with Crippen molar-refractivity contribution in [1.82, 2.24) is 5.32 Å². The van der Waals surface area contributed by atoms with Crippen LogP contribution in [0.1, 0.15) is 194 Å². The second-order valence-corrected chi connectivity index (χ2v) is 19.7. The third-order valence-corrected chi connectivity index (χ3v) is 13.4. The number of nitrogens with one attached hydrogen (secondary N) is 1. The number of amides is 1. The van der Waals surface area contributed by atoms with Crippen molar-refractivity contribution in [3.8, 4) is 0 Å². The van der Waals surface area contributed by atoms with Crippen LogP contribution in [-0.2, 0) is 23.7 Å². The third kappa shape index (κ3) is 29.5. The van der Waals surface area contributed by atoms with Crippen molar-refractivity contribution in [3.63, 3.8) is 0 Å². The molecule has 72 heavy (non-hydrogen) atoms. The molecule has 0 aromatic heterocycles. The fourth-order valence-corrected chi connectivity index (χ4v) is 8.85. The van der Waals surface area contributed by atoms with Gasteiger partial charge in [0.1, 0.15) is 48.8 Å². The van der Waals surface area contributed by atoms with E-state index >= 15 is 0 Å². The minimum Gasteiger partial charge on any atom is -0.394 e. The molecular weight excluding hydrogens is 919 g/mol. The molecule has 14 heteroatoms. The van der Waals surface area contributed by atoms with Gasteiger partial charge in [-0.05, 0) is 64.2 Å². The third-order valence-electron chi connectivity index (χ3n) is 13.4. The fraction of sp³-hybridized carbons (Fsp3) is 0.776. The molecule has 0 saturated carbocycles. The van der Waals surface area contributed by atoms with Crippen LogP contribution in [0.25, 0.3) is 0 Å². The summed E-state index contributed by atoms with van der Waals surface area (Å²) in [7, 11) is 0. The number of allylic oxidation sites excluding steroid dienone is 11. The zero-order chi connectivity index (χ0) is 52.4. The molecule has 2 aliphatic rings. The lowest BCUT2D eigenvalue weighted by atomic mass is 9.97. The molecule has 0 aromatic carbocycles. The number of aliphatic hydroxyl groups is 8. The monoisotopic (exact) mass is 1020 g/mol. The average Bonchev–Trinajstić information content (AvgIpc) is 3.38. The number of aliphatic hydroxyl groups excluding tert-OH is 8. The molecule has 14 nitrogen and oxygen atoms in total. The van der Waals surface area contributed by atoms with Gasteiger partial charge < -0.3 is 65.1 Å². The molecule has 2 saturated heterocycles. The first-order valence-corrected chi connectivity index (χ1v) is 28.2. The molecule has 12 atom stereocenters. The second kappa shape index (κ2) is 43.6. The summed E-state index contributed by atoms with van der Waals surface area (Å²) in [6.07, 6.45) is 39.6. The van der Waals surface area contributed by atoms with Crippen molar-refractivity contribution in [2.45, 2.75) is 267 Å². The van der Waals surface area contributed by atoms with E-state index in [2.05, 4.69) is 79.9 Å². The first-order chi connectivity index (χ1) is 35.1. The predicted molar refractivity (Wildman–Crippen MR) is 286 cm³/mol. The molecule has 2 aliphatic heterocycles. The van der Waals surface area contributed by atoms with Crippen molar-refractivity contribution in [2.75, 3.05) is 19.8 Å². The van der Waals surface area contributed by atoms with E-state index in [0.717, 1.165) is 83.5 Å². The van der Waals surface area contributed by atoms with Gasteiger partial charge in [0.25, 0.3) is 0 Å². The molecule has 2 fully saturated rings. The molecule has 416 valence electrons. The van der Waals surface area contributed by atoms with Crippen LogP contribution in [0.5, 0.6) is 0 Å². The number of carbonyl (C=O) groups excluding carboxylic acids is 1. The van der Waals surface area contributed by atoms with Crippen LogP contribution >= 0.6 is 0 Å². The number of hydrogen-bond acceptors (Lipinski definition) is 13. The SMILES string of the molecule is CC/C=C\C/C=C\C/C=C\C/C=C\C/C=C\CCCCCCCCCCCCCCCC(=O)NC(COC1OC(CO)C(OC2OC(CO)C(O)C(O)C2O)C(O)C1O)C(O)/C=C/CCCCCCCCC. The fourth-order valence-electron chi connectivity index (χ4n) is 8.85. The Balaban J connectivity index is 1.67. The molecule has 2 rings (SSSR count). The van der Waals surface area contributed by atoms with Gasteiger partial charge in [0.05, 0.1) is 32.0 Å². The zero-order valence-corrected chi connectivity index (χ0v) is 44.4. The van der Waals surface area contributed by atoms with E-state index in [9.17, 15) is 45.6 Å². The molecule has 0 bridgehead atoms. The highest BCUT2D eigenvalue weighted by Gasteiger charge is 2.51. The lowest BCUT2D eigenvalue weighted by Gasteiger charge is -2.46. The Kier molecular flexibility index (Phi) is 39.7. The van der Waals surface area contributed by atoms with Gasteiger partial charge in [0.2, 0.25) is 5.91 Å². The summed E-state index contributed by atoms with van der Waals surface area (Å²) in [5, 5.41) is 86.7. The summed E-state index contributed by atoms with van der Waals surface area (Å²) < 4.78 is 22.7. The van der Waals surface area contributed by atoms with Crippen molar-refractivity contribution in [3.05, 3.63) is 72.9 Å². The highest BCUT2D eigenvalue weighted by atomic mass is 16.7. The smallest absolute Gasteiger partial charge is 0.220 e. The minimum atomic E-state index is -1.79. The summed E-state index contributed by atoms with van der Waals surface area (Å²) in [6, 6.07) is -0.916. The van der Waals surface area contributed by atoms with Gasteiger partial charge in [-0.15, -0.1) is 0 Å². The van der Waals surface area contributed by atoms with Crippen LogP contribution in [0.4, 0.5) is 0 Å². The first kappa shape index (κ1) is 65.5. The van der Waals surface area contributed by atoms with Gasteiger partial charge >= 0.3 is 0 Å². The number of carbonyl (C=O) groups is 1. The van der Waals surface area contributed by atoms with Gasteiger partial charge in [0, 0.05) is 6.42 Å². The molecule has 0 radical (unpaired) electrons. The van der Waals surface area contributed by atoms with Gasteiger partial charge in [0.15, 0.2) is 12.6 Å². The molecular formula is C58H101NO13. The molecule has 9 N–H and O–H groups in total. The van der Waals surface area contributed by atoms with Gasteiger partial charge in [-0.3, -0.25) is 4.79 Å². The second-order valence-electron chi connectivity index (χ2n) is 19.7. The summed E-state index contributed by atoms with van der Waals surface area (Å²) in [5.41, 5.74) is 0. The molecule has 12 unspecified atom stereocenters. The van der Waals surface area contributed by atoms with Crippen LogP contribution in [0, 0.1) is 0 Å². The van der Waals surface area contributed by atoms with E-state index in [1.807, 2.05) is 6.08 Å². The van der Waals surface area contributed by atoms with Crippen molar-refractivity contribution < 1.29 is 64.6 Å². The van der Waals surface area contributed by atoms with E-state index in [1.54, 1.807) is 6.08 Å². The lowest BCUT2D eigenvalue weighted by Crippen LogP contribution is -2.65. The van der Waals surface area contributed by atoms with Crippen LogP contribution < -0.4 is 5.32 Å². The van der Waals surface area contributed by atoms with E-state index in [0.29, 0.717) is 6.42 Å². The van der Waals surface area contributed by atoms with Crippen molar-refractivity contribution in [2.24, 2.45) is 0 Å². The predicted octanol–water partition coefficient (Wildman–Crippen LogP) is 8.77. The Labute approximate surface area is 434 Å². The molecule has 2 heterocycles. The van der Waals surface area contributed by atoms with Gasteiger partial charge in [-0.1, -0.05) is 196 Å². The van der Waals surface area contributed by atoms with Gasteiger partial charge in [-0.2, -0.15) is 0 Å². The maximum absolute atomic E-state index is 13.2. The number of ether oxygens (including phenoxy) is 4. The van der Waals surface area contributed by atoms with Crippen LogP contribution in [0.15, 0.2) is 72.9 Å². The lowest BCUT2D eigenvalue weighted by molar-refractivity contribution is -0.359. The van der Waals surface area contributed by atoms with Crippen LogP contribution in [0.2, 0.25) is 0 Å². The van der Waals surface area contributed by atoms with E-state index in [1.165, 1.54) is 83.5 Å². The molecule has 0 aliphatic carbocycles. The van der Waals surface area contributed by atoms with Gasteiger partial charge in [-0.25, -0.2) is 0 Å². The Morgan fingerprint density at radius 1 is 0.514 bits per heavy atom. The quantitative estimate of drug-likeness (QED) is 0.0206. The maximum atomic E-state index is 13.2. The maximum Gasteiger partial charge on any atom is 0.220 e. The molecule has 1 amide bonds. The summed E-state index contributed by atoms with van der Waals surface area (Å²) in [5.74, 6) is -0.247. The zero-order valence-electron chi connectivity index (χ0n) is 44.4. The number of unbranched alkanes of at least 4 members (excludes halogenated alkanes) is 20. The Morgan fingerprint density at radius 2 is 0.958 bits per heavy atom. The van der Waals surface area contributed by atoms with Crippen molar-refractivity contribution in [1.29, 1.82) is 0 Å². The average molecular weight is 1020 g/mol. The van der Waals surface area contributed by atoms with E-state index < -0.39 is 86.8 Å². The normalized spacial score (nSPS) is 26.1. The number of hydrogen-bond donors (Lipinski definition) is 9. The Hall–Kier alpha value is -2.57. The summed E-state index contributed by atoms with van der Waals surface area (Å²) in [4.78, 5) is 13.2. The van der Waals surface area contributed by atoms with E-state index in [4.69, 9.17) is 18.9 Å². The van der Waals surface area contributed by atoms with Crippen LogP contribution in [-0.4, -0.2) is 140 Å². The van der Waals surface area contributed by atoms with Crippen molar-refractivity contribution >= 4 is 5.91 Å². The summed E-state index contributed by atoms with van der Waals surface area (Å²) in [6.45, 7) is 2.63. The standard InChI is InChI=1S/C58H101NO13/c1-3-5-7-9-11-13-14-15-16-17-18-19-20-21-22-23-24-25-26-27-28-29-30-31-32-34-36-38-40-42-50(63)59-46(47(62)41-39-37-35-33-12-10-8-6-4-2)45-69-57-55(68)53(66)56(49(44-61)71-57)72-58-54(67)52(65)51(64)48(43-60)70-58/h5,7,11,13,15-16,18-19,21-22,39,41,46-49,51-58,60-62,64-68H,3-4,6,8-10,12,14,17,20,23-38,40,42-45H2,1-2H3,(H,59,63)/b7-5-,13-11-,16-15-,19-18-,22-21-,41-39+. The number of rotatable bonds is 43. The topological polar surface area (TPSA) is 228 Å². The minimum absolute atomic E-state index is 0.247.